The summed E-state index contributed by atoms with van der Waals surface area (Å²) < 4.78 is 5.42. The van der Waals surface area contributed by atoms with E-state index in [1.165, 1.54) is 0 Å². The Morgan fingerprint density at radius 2 is 2.31 bits per heavy atom. The molecule has 0 saturated carbocycles. The van der Waals surface area contributed by atoms with E-state index in [1.807, 2.05) is 0 Å². The smallest absolute Gasteiger partial charge is 0.237 e. The third-order valence-corrected chi connectivity index (χ3v) is 2.76. The number of carbonyl (C=O) groups excluding carboxylic acids is 1. The lowest BCUT2D eigenvalue weighted by Crippen LogP contribution is -2.41. The van der Waals surface area contributed by atoms with Crippen LogP contribution in [0.5, 0.6) is 0 Å². The molecule has 1 rings (SSSR count). The predicted octanol–water partition coefficient (Wildman–Crippen LogP) is 0.917. The van der Waals surface area contributed by atoms with E-state index in [1.54, 1.807) is 0 Å². The molecule has 1 heterocycles. The van der Waals surface area contributed by atoms with E-state index in [0.29, 0.717) is 19.1 Å². The van der Waals surface area contributed by atoms with Crippen molar-refractivity contribution in [2.45, 2.75) is 39.2 Å². The fourth-order valence-electron chi connectivity index (χ4n) is 1.70. The fourth-order valence-corrected chi connectivity index (χ4v) is 1.70. The molecule has 4 heteroatoms. The van der Waals surface area contributed by atoms with Gasteiger partial charge in [0.15, 0.2) is 0 Å². The highest BCUT2D eigenvalue weighted by molar-refractivity contribution is 5.81. The van der Waals surface area contributed by atoms with Crippen molar-refractivity contribution in [3.05, 3.63) is 0 Å². The van der Waals surface area contributed by atoms with Gasteiger partial charge in [-0.3, -0.25) is 4.79 Å². The van der Waals surface area contributed by atoms with Gasteiger partial charge in [-0.2, -0.15) is 0 Å². The van der Waals surface area contributed by atoms with Crippen molar-refractivity contribution < 1.29 is 9.53 Å². The summed E-state index contributed by atoms with van der Waals surface area (Å²) in [6, 6.07) is 0.0238. The first-order chi connectivity index (χ1) is 7.70. The van der Waals surface area contributed by atoms with Crippen molar-refractivity contribution in [3.8, 4) is 0 Å². The third kappa shape index (κ3) is 5.47. The number of ether oxygens (including phenoxy) is 1. The summed E-state index contributed by atoms with van der Waals surface area (Å²) in [6.07, 6.45) is 3.14. The van der Waals surface area contributed by atoms with E-state index >= 15 is 0 Å². The van der Waals surface area contributed by atoms with Gasteiger partial charge in [0.05, 0.1) is 12.6 Å². The second kappa shape index (κ2) is 7.63. The Kier molecular flexibility index (Phi) is 6.42. The van der Waals surface area contributed by atoms with Crippen LogP contribution in [0.4, 0.5) is 0 Å². The molecule has 0 spiro atoms. The molecular formula is C12H24N2O2. The number of hydrogen-bond donors (Lipinski definition) is 2. The van der Waals surface area contributed by atoms with Gasteiger partial charge in [0, 0.05) is 13.2 Å². The van der Waals surface area contributed by atoms with Crippen molar-refractivity contribution in [1.82, 2.24) is 10.6 Å². The first-order valence-electron chi connectivity index (χ1n) is 6.29. The molecule has 2 N–H and O–H groups in total. The van der Waals surface area contributed by atoms with Crippen molar-refractivity contribution in [1.29, 1.82) is 0 Å². The molecule has 1 fully saturated rings. The first-order valence-corrected chi connectivity index (χ1v) is 6.29. The predicted molar refractivity (Wildman–Crippen MR) is 64.3 cm³/mol. The molecule has 0 aromatic rings. The summed E-state index contributed by atoms with van der Waals surface area (Å²) in [7, 11) is 0. The zero-order valence-corrected chi connectivity index (χ0v) is 10.4. The molecule has 16 heavy (non-hydrogen) atoms. The van der Waals surface area contributed by atoms with Crippen LogP contribution < -0.4 is 10.6 Å². The number of rotatable bonds is 7. The molecule has 1 amide bonds. The van der Waals surface area contributed by atoms with Crippen molar-refractivity contribution in [2.75, 3.05) is 26.3 Å². The van der Waals surface area contributed by atoms with Crippen LogP contribution in [-0.4, -0.2) is 38.3 Å². The quantitative estimate of drug-likeness (QED) is 0.637. The summed E-state index contributed by atoms with van der Waals surface area (Å²) in [6.45, 7) is 7.34. The molecule has 1 saturated heterocycles. The van der Waals surface area contributed by atoms with Gasteiger partial charge in [-0.1, -0.05) is 13.8 Å². The van der Waals surface area contributed by atoms with Crippen LogP contribution in [-0.2, 0) is 9.53 Å². The monoisotopic (exact) mass is 228 g/mol. The number of carbonyl (C=O) groups is 1. The van der Waals surface area contributed by atoms with Crippen LogP contribution in [0.1, 0.15) is 33.1 Å². The maximum absolute atomic E-state index is 11.6. The Labute approximate surface area is 98.1 Å². The molecule has 4 nitrogen and oxygen atoms in total. The lowest BCUT2D eigenvalue weighted by Gasteiger charge is -2.11. The Hall–Kier alpha value is -0.610. The molecule has 94 valence electrons. The number of nitrogens with one attached hydrogen (secondary N) is 2. The van der Waals surface area contributed by atoms with Gasteiger partial charge in [-0.05, 0) is 31.7 Å². The van der Waals surface area contributed by atoms with Gasteiger partial charge in [-0.25, -0.2) is 0 Å². The number of hydrogen-bond acceptors (Lipinski definition) is 3. The third-order valence-electron chi connectivity index (χ3n) is 2.76. The highest BCUT2D eigenvalue weighted by Crippen LogP contribution is 2.04. The average Bonchev–Trinajstić information content (AvgIpc) is 2.75. The molecule has 1 atom stereocenters. The largest absolute Gasteiger partial charge is 0.380 e. The molecule has 0 radical (unpaired) electrons. The lowest BCUT2D eigenvalue weighted by atomic mass is 10.1. The van der Waals surface area contributed by atoms with E-state index < -0.39 is 0 Å². The van der Waals surface area contributed by atoms with Gasteiger partial charge in [-0.15, -0.1) is 0 Å². The second-order valence-electron chi connectivity index (χ2n) is 4.73. The Morgan fingerprint density at radius 3 is 2.94 bits per heavy atom. The topological polar surface area (TPSA) is 50.4 Å². The number of amides is 1. The van der Waals surface area contributed by atoms with E-state index in [-0.39, 0.29) is 11.9 Å². The van der Waals surface area contributed by atoms with Crippen LogP contribution in [0, 0.1) is 5.92 Å². The summed E-state index contributed by atoms with van der Waals surface area (Å²) in [5.41, 5.74) is 0. The van der Waals surface area contributed by atoms with E-state index in [2.05, 4.69) is 24.5 Å². The van der Waals surface area contributed by atoms with Gasteiger partial charge >= 0.3 is 0 Å². The molecule has 0 unspecified atom stereocenters. The second-order valence-corrected chi connectivity index (χ2v) is 4.73. The normalized spacial score (nSPS) is 20.3. The first kappa shape index (κ1) is 13.5. The SMILES string of the molecule is CC(C)CCOCCNC(=O)[C@@H]1CCCN1. The van der Waals surface area contributed by atoms with E-state index in [4.69, 9.17) is 4.74 Å². The lowest BCUT2D eigenvalue weighted by molar-refractivity contribution is -0.123. The van der Waals surface area contributed by atoms with E-state index in [0.717, 1.165) is 32.4 Å². The molecule has 0 bridgehead atoms. The Morgan fingerprint density at radius 1 is 1.50 bits per heavy atom. The maximum atomic E-state index is 11.6. The van der Waals surface area contributed by atoms with Crippen molar-refractivity contribution >= 4 is 5.91 Å². The molecule has 0 aromatic carbocycles. The van der Waals surface area contributed by atoms with Crippen LogP contribution >= 0.6 is 0 Å². The molecule has 0 aliphatic carbocycles. The maximum Gasteiger partial charge on any atom is 0.237 e. The van der Waals surface area contributed by atoms with Crippen molar-refractivity contribution in [3.63, 3.8) is 0 Å². The summed E-state index contributed by atoms with van der Waals surface area (Å²) in [4.78, 5) is 11.6. The highest BCUT2D eigenvalue weighted by Gasteiger charge is 2.20. The summed E-state index contributed by atoms with van der Waals surface area (Å²) in [5.74, 6) is 0.794. The van der Waals surface area contributed by atoms with Gasteiger partial charge < -0.3 is 15.4 Å². The van der Waals surface area contributed by atoms with Crippen LogP contribution in [0.25, 0.3) is 0 Å². The minimum absolute atomic E-state index is 0.0238. The van der Waals surface area contributed by atoms with Gasteiger partial charge in [0.2, 0.25) is 5.91 Å². The minimum Gasteiger partial charge on any atom is -0.380 e. The molecular weight excluding hydrogens is 204 g/mol. The zero-order chi connectivity index (χ0) is 11.8. The fraction of sp³-hybridized carbons (Fsp3) is 0.917. The molecule has 1 aliphatic heterocycles. The van der Waals surface area contributed by atoms with Crippen molar-refractivity contribution in [2.24, 2.45) is 5.92 Å². The van der Waals surface area contributed by atoms with Gasteiger partial charge in [0.25, 0.3) is 0 Å². The summed E-state index contributed by atoms with van der Waals surface area (Å²) in [5, 5.41) is 6.06. The standard InChI is InChI=1S/C12H24N2O2/c1-10(2)5-8-16-9-7-14-12(15)11-4-3-6-13-11/h10-11,13H,3-9H2,1-2H3,(H,14,15)/t11-/m0/s1. The molecule has 0 aromatic heterocycles. The zero-order valence-electron chi connectivity index (χ0n) is 10.4. The molecule has 1 aliphatic rings. The Bertz CT molecular complexity index is 201. The average molecular weight is 228 g/mol. The van der Waals surface area contributed by atoms with Crippen LogP contribution in [0.15, 0.2) is 0 Å². The highest BCUT2D eigenvalue weighted by atomic mass is 16.5. The Balaban J connectivity index is 1.92. The van der Waals surface area contributed by atoms with Gasteiger partial charge in [0.1, 0.15) is 0 Å². The van der Waals surface area contributed by atoms with E-state index in [9.17, 15) is 4.79 Å². The van der Waals surface area contributed by atoms with Crippen LogP contribution in [0.3, 0.4) is 0 Å². The minimum atomic E-state index is 0.0238. The van der Waals surface area contributed by atoms with Crippen LogP contribution in [0.2, 0.25) is 0 Å². The summed E-state index contributed by atoms with van der Waals surface area (Å²) >= 11 is 0.